The van der Waals surface area contributed by atoms with E-state index in [4.69, 9.17) is 16.1 Å². The molecule has 0 bridgehead atoms. The summed E-state index contributed by atoms with van der Waals surface area (Å²) in [5.74, 6) is 0.384. The second-order valence-electron chi connectivity index (χ2n) is 6.51. The van der Waals surface area contributed by atoms with Crippen molar-refractivity contribution in [3.8, 4) is 0 Å². The molecule has 1 aromatic heterocycles. The van der Waals surface area contributed by atoms with Gasteiger partial charge in [0.15, 0.2) is 0 Å². The first kappa shape index (κ1) is 19.4. The third-order valence-corrected chi connectivity index (χ3v) is 4.99. The second kappa shape index (κ2) is 8.54. The molecule has 0 atom stereocenters. The number of para-hydroxylation sites is 1. The van der Waals surface area contributed by atoms with Gasteiger partial charge >= 0.3 is 0 Å². The van der Waals surface area contributed by atoms with Gasteiger partial charge in [0.2, 0.25) is 5.91 Å². The molecule has 2 heterocycles. The number of piperazine rings is 1. The quantitative estimate of drug-likeness (QED) is 0.848. The van der Waals surface area contributed by atoms with E-state index in [1.165, 1.54) is 0 Å². The highest BCUT2D eigenvalue weighted by molar-refractivity contribution is 6.33. The summed E-state index contributed by atoms with van der Waals surface area (Å²) in [5.41, 5.74) is 1.87. The molecule has 2 amide bonds. The lowest BCUT2D eigenvalue weighted by Crippen LogP contribution is -2.50. The van der Waals surface area contributed by atoms with Crippen LogP contribution in [0, 0.1) is 6.92 Å². The number of halogens is 1. The second-order valence-corrected chi connectivity index (χ2v) is 6.92. The van der Waals surface area contributed by atoms with Crippen molar-refractivity contribution in [1.82, 2.24) is 15.0 Å². The topological polar surface area (TPSA) is 78.7 Å². The zero-order chi connectivity index (χ0) is 19.4. The number of rotatable bonds is 5. The Morgan fingerprint density at radius 1 is 1.22 bits per heavy atom. The van der Waals surface area contributed by atoms with E-state index in [0.717, 1.165) is 0 Å². The van der Waals surface area contributed by atoms with Crippen molar-refractivity contribution in [2.75, 3.05) is 38.0 Å². The molecule has 27 heavy (non-hydrogen) atoms. The van der Waals surface area contributed by atoms with Gasteiger partial charge in [0, 0.05) is 26.2 Å². The Morgan fingerprint density at radius 2 is 1.93 bits per heavy atom. The normalized spacial score (nSPS) is 15.0. The molecule has 1 aromatic carbocycles. The van der Waals surface area contributed by atoms with Crippen LogP contribution in [0.15, 0.2) is 28.8 Å². The van der Waals surface area contributed by atoms with Crippen LogP contribution in [-0.4, -0.2) is 59.5 Å². The van der Waals surface area contributed by atoms with E-state index in [2.05, 4.69) is 10.5 Å². The summed E-state index contributed by atoms with van der Waals surface area (Å²) in [6, 6.07) is 7.14. The maximum Gasteiger partial charge on any atom is 0.259 e. The van der Waals surface area contributed by atoms with Crippen molar-refractivity contribution < 1.29 is 14.1 Å². The molecule has 1 N–H and O–H groups in total. The summed E-state index contributed by atoms with van der Waals surface area (Å²) in [6.07, 6.45) is 0.653. The molecule has 0 aliphatic carbocycles. The van der Waals surface area contributed by atoms with Gasteiger partial charge < -0.3 is 14.7 Å². The molecule has 7 nitrogen and oxygen atoms in total. The number of nitrogens with one attached hydrogen (secondary N) is 1. The maximum absolute atomic E-state index is 12.8. The molecular weight excluding hydrogens is 368 g/mol. The van der Waals surface area contributed by atoms with Gasteiger partial charge in [0.25, 0.3) is 5.91 Å². The van der Waals surface area contributed by atoms with Crippen LogP contribution in [0.25, 0.3) is 0 Å². The fourth-order valence-corrected chi connectivity index (χ4v) is 3.34. The van der Waals surface area contributed by atoms with Gasteiger partial charge in [-0.15, -0.1) is 0 Å². The van der Waals surface area contributed by atoms with Gasteiger partial charge in [0.1, 0.15) is 11.3 Å². The Bertz CT molecular complexity index is 828. The standard InChI is InChI=1S/C19H23ClN4O3/c1-3-15-18(13(2)27-22-15)19(26)24-10-8-23(9-11-24)12-17(25)21-16-7-5-4-6-14(16)20/h4-7H,3,8-12H2,1-2H3,(H,21,25). The summed E-state index contributed by atoms with van der Waals surface area (Å²) < 4.78 is 5.17. The Morgan fingerprint density at radius 3 is 2.59 bits per heavy atom. The van der Waals surface area contributed by atoms with Crippen LogP contribution in [-0.2, 0) is 11.2 Å². The number of aryl methyl sites for hydroxylation is 2. The van der Waals surface area contributed by atoms with E-state index in [9.17, 15) is 9.59 Å². The van der Waals surface area contributed by atoms with Crippen LogP contribution >= 0.6 is 11.6 Å². The highest BCUT2D eigenvalue weighted by atomic mass is 35.5. The Balaban J connectivity index is 1.53. The summed E-state index contributed by atoms with van der Waals surface area (Å²) in [4.78, 5) is 28.9. The lowest BCUT2D eigenvalue weighted by atomic mass is 10.1. The molecule has 0 unspecified atom stereocenters. The number of anilines is 1. The first-order chi connectivity index (χ1) is 13.0. The minimum atomic E-state index is -0.119. The molecule has 3 rings (SSSR count). The van der Waals surface area contributed by atoms with E-state index in [-0.39, 0.29) is 18.4 Å². The van der Waals surface area contributed by atoms with Gasteiger partial charge in [0.05, 0.1) is 22.9 Å². The van der Waals surface area contributed by atoms with Crippen LogP contribution in [0.5, 0.6) is 0 Å². The van der Waals surface area contributed by atoms with Crippen LogP contribution < -0.4 is 5.32 Å². The van der Waals surface area contributed by atoms with Gasteiger partial charge in [-0.05, 0) is 25.5 Å². The van der Waals surface area contributed by atoms with Crippen molar-refractivity contribution in [3.63, 3.8) is 0 Å². The third-order valence-electron chi connectivity index (χ3n) is 4.66. The van der Waals surface area contributed by atoms with Crippen molar-refractivity contribution in [1.29, 1.82) is 0 Å². The molecule has 2 aromatic rings. The number of carbonyl (C=O) groups excluding carboxylic acids is 2. The number of hydrogen-bond acceptors (Lipinski definition) is 5. The monoisotopic (exact) mass is 390 g/mol. The molecule has 8 heteroatoms. The average molecular weight is 391 g/mol. The van der Waals surface area contributed by atoms with E-state index in [1.54, 1.807) is 24.0 Å². The lowest BCUT2D eigenvalue weighted by Gasteiger charge is -2.34. The molecule has 0 spiro atoms. The SMILES string of the molecule is CCc1noc(C)c1C(=O)N1CCN(CC(=O)Nc2ccccc2Cl)CC1. The largest absolute Gasteiger partial charge is 0.361 e. The van der Waals surface area contributed by atoms with Crippen molar-refractivity contribution in [2.24, 2.45) is 0 Å². The van der Waals surface area contributed by atoms with Gasteiger partial charge in [-0.3, -0.25) is 14.5 Å². The molecule has 0 radical (unpaired) electrons. The van der Waals surface area contributed by atoms with E-state index < -0.39 is 0 Å². The average Bonchev–Trinajstić information content (AvgIpc) is 3.04. The predicted molar refractivity (Wildman–Crippen MR) is 103 cm³/mol. The molecule has 144 valence electrons. The molecular formula is C19H23ClN4O3. The minimum Gasteiger partial charge on any atom is -0.361 e. The third kappa shape index (κ3) is 4.48. The highest BCUT2D eigenvalue weighted by Crippen LogP contribution is 2.21. The zero-order valence-corrected chi connectivity index (χ0v) is 16.3. The Kier molecular flexibility index (Phi) is 6.13. The van der Waals surface area contributed by atoms with Crippen LogP contribution in [0.4, 0.5) is 5.69 Å². The van der Waals surface area contributed by atoms with Crippen molar-refractivity contribution >= 4 is 29.1 Å². The lowest BCUT2D eigenvalue weighted by molar-refractivity contribution is -0.117. The zero-order valence-electron chi connectivity index (χ0n) is 15.5. The fraction of sp³-hybridized carbons (Fsp3) is 0.421. The Labute approximate surface area is 163 Å². The highest BCUT2D eigenvalue weighted by Gasteiger charge is 2.28. The molecule has 1 aliphatic heterocycles. The molecule has 1 saturated heterocycles. The molecule has 0 saturated carbocycles. The number of carbonyl (C=O) groups is 2. The van der Waals surface area contributed by atoms with E-state index in [0.29, 0.717) is 60.3 Å². The Hall–Kier alpha value is -2.38. The number of benzene rings is 1. The summed E-state index contributed by atoms with van der Waals surface area (Å²) in [7, 11) is 0. The van der Waals surface area contributed by atoms with E-state index in [1.807, 2.05) is 24.0 Å². The van der Waals surface area contributed by atoms with Crippen molar-refractivity contribution in [3.05, 3.63) is 46.3 Å². The van der Waals surface area contributed by atoms with Gasteiger partial charge in [-0.25, -0.2) is 0 Å². The fourth-order valence-electron chi connectivity index (χ4n) is 3.16. The van der Waals surface area contributed by atoms with Crippen molar-refractivity contribution in [2.45, 2.75) is 20.3 Å². The number of hydrogen-bond donors (Lipinski definition) is 1. The summed E-state index contributed by atoms with van der Waals surface area (Å²) in [6.45, 7) is 6.36. The predicted octanol–water partition coefficient (Wildman–Crippen LogP) is 2.60. The summed E-state index contributed by atoms with van der Waals surface area (Å²) in [5, 5.41) is 7.29. The smallest absolute Gasteiger partial charge is 0.259 e. The van der Waals surface area contributed by atoms with E-state index >= 15 is 0 Å². The molecule has 1 aliphatic rings. The molecule has 1 fully saturated rings. The maximum atomic E-state index is 12.8. The van der Waals surface area contributed by atoms with Crippen LogP contribution in [0.3, 0.4) is 0 Å². The number of nitrogens with zero attached hydrogens (tertiary/aromatic N) is 3. The number of aromatic nitrogens is 1. The summed E-state index contributed by atoms with van der Waals surface area (Å²) >= 11 is 6.07. The van der Waals surface area contributed by atoms with Gasteiger partial charge in [-0.2, -0.15) is 0 Å². The first-order valence-corrected chi connectivity index (χ1v) is 9.38. The minimum absolute atomic E-state index is 0.0502. The number of amides is 2. The van der Waals surface area contributed by atoms with Crippen LogP contribution in [0.1, 0.15) is 28.7 Å². The van der Waals surface area contributed by atoms with Crippen LogP contribution in [0.2, 0.25) is 5.02 Å². The first-order valence-electron chi connectivity index (χ1n) is 9.00. The van der Waals surface area contributed by atoms with Gasteiger partial charge in [-0.1, -0.05) is 35.8 Å².